The monoisotopic (exact) mass is 410 g/mol. The van der Waals surface area contributed by atoms with Gasteiger partial charge in [-0.25, -0.2) is 0 Å². The van der Waals surface area contributed by atoms with Crippen LogP contribution in [-0.4, -0.2) is 24.0 Å². The number of ether oxygens (including phenoxy) is 1. The summed E-state index contributed by atoms with van der Waals surface area (Å²) in [4.78, 5) is 26.6. The molecule has 0 bridgehead atoms. The summed E-state index contributed by atoms with van der Waals surface area (Å²) in [6, 6.07) is 4.37. The quantitative estimate of drug-likeness (QED) is 0.612. The largest absolute Gasteiger partial charge is 0.417 e. The zero-order valence-corrected chi connectivity index (χ0v) is 17.0. The number of amides is 2. The molecule has 2 amide bonds. The van der Waals surface area contributed by atoms with Gasteiger partial charge in [0.2, 0.25) is 11.8 Å². The average Bonchev–Trinajstić information content (AvgIpc) is 2.84. The Morgan fingerprint density at radius 2 is 1.86 bits per heavy atom. The minimum Gasteiger partial charge on any atom is -0.376 e. The van der Waals surface area contributed by atoms with E-state index >= 15 is 0 Å². The summed E-state index contributed by atoms with van der Waals surface area (Å²) in [5, 5.41) is 8.94. The van der Waals surface area contributed by atoms with Crippen LogP contribution in [0.3, 0.4) is 0 Å². The van der Waals surface area contributed by atoms with E-state index in [9.17, 15) is 22.8 Å². The lowest BCUT2D eigenvalue weighted by Gasteiger charge is -2.32. The standard InChI is InChI=1S/C21H25F3N2O3/c1-5-9-20(4,29-6-2)11-16-13(3)18(27)26(19(16)28)15-8-7-14(12-25)17(10-15)21(22,23)24/h7-8,10,13,16H,5-6,9,11H2,1-4H3/t13-,16?,20?/m1/s1. The van der Waals surface area contributed by atoms with Crippen LogP contribution in [0.25, 0.3) is 0 Å². The molecule has 1 fully saturated rings. The van der Waals surface area contributed by atoms with Crippen LogP contribution in [-0.2, 0) is 20.5 Å². The summed E-state index contributed by atoms with van der Waals surface area (Å²) in [6.07, 6.45) is -2.94. The fourth-order valence-electron chi connectivity index (χ4n) is 3.96. The van der Waals surface area contributed by atoms with Gasteiger partial charge in [0.15, 0.2) is 0 Å². The van der Waals surface area contributed by atoms with Gasteiger partial charge in [0, 0.05) is 12.5 Å². The number of hydrogen-bond donors (Lipinski definition) is 0. The summed E-state index contributed by atoms with van der Waals surface area (Å²) in [5.41, 5.74) is -2.50. The number of halogens is 3. The zero-order valence-electron chi connectivity index (χ0n) is 17.0. The SMILES string of the molecule is CCCC(C)(CC1C(=O)N(c2ccc(C#N)c(C(F)(F)F)c2)C(=O)[C@@H]1C)OCC. The third-order valence-electron chi connectivity index (χ3n) is 5.36. The van der Waals surface area contributed by atoms with E-state index in [1.54, 1.807) is 6.92 Å². The van der Waals surface area contributed by atoms with Crippen molar-refractivity contribution in [3.8, 4) is 6.07 Å². The number of benzene rings is 1. The molecule has 0 saturated carbocycles. The molecule has 1 saturated heterocycles. The predicted molar refractivity (Wildman–Crippen MR) is 101 cm³/mol. The third-order valence-corrected chi connectivity index (χ3v) is 5.36. The maximum Gasteiger partial charge on any atom is 0.417 e. The Kier molecular flexibility index (Phi) is 6.74. The van der Waals surface area contributed by atoms with Crippen molar-refractivity contribution in [3.63, 3.8) is 0 Å². The van der Waals surface area contributed by atoms with Gasteiger partial charge in [-0.15, -0.1) is 0 Å². The first kappa shape index (κ1) is 22.9. The molecule has 2 unspecified atom stereocenters. The number of carbonyl (C=O) groups excluding carboxylic acids is 2. The van der Waals surface area contributed by atoms with Gasteiger partial charge < -0.3 is 4.74 Å². The first-order valence-electron chi connectivity index (χ1n) is 9.62. The maximum absolute atomic E-state index is 13.3. The molecule has 0 radical (unpaired) electrons. The molecular weight excluding hydrogens is 385 g/mol. The van der Waals surface area contributed by atoms with Crippen LogP contribution in [0.2, 0.25) is 0 Å². The minimum atomic E-state index is -4.77. The molecule has 1 aliphatic heterocycles. The van der Waals surface area contributed by atoms with E-state index in [0.717, 1.165) is 17.4 Å². The molecule has 1 heterocycles. The summed E-state index contributed by atoms with van der Waals surface area (Å²) >= 11 is 0. The molecule has 5 nitrogen and oxygen atoms in total. The van der Waals surface area contributed by atoms with Crippen molar-refractivity contribution in [3.05, 3.63) is 29.3 Å². The highest BCUT2D eigenvalue weighted by Crippen LogP contribution is 2.40. The Labute approximate surface area is 168 Å². The topological polar surface area (TPSA) is 70.4 Å². The van der Waals surface area contributed by atoms with Gasteiger partial charge in [-0.05, 0) is 44.9 Å². The Bertz CT molecular complexity index is 823. The minimum absolute atomic E-state index is 0.172. The van der Waals surface area contributed by atoms with E-state index in [1.165, 1.54) is 12.1 Å². The highest BCUT2D eigenvalue weighted by Gasteiger charge is 2.49. The number of imide groups is 1. The number of nitriles is 1. The average molecular weight is 410 g/mol. The van der Waals surface area contributed by atoms with Crippen molar-refractivity contribution in [2.45, 2.75) is 58.7 Å². The number of carbonyl (C=O) groups is 2. The molecule has 8 heteroatoms. The van der Waals surface area contributed by atoms with Crippen LogP contribution in [0.1, 0.15) is 58.1 Å². The van der Waals surface area contributed by atoms with E-state index in [4.69, 9.17) is 10.00 Å². The lowest BCUT2D eigenvalue weighted by Crippen LogP contribution is -2.36. The second-order valence-electron chi connectivity index (χ2n) is 7.58. The summed E-state index contributed by atoms with van der Waals surface area (Å²) < 4.78 is 45.7. The van der Waals surface area contributed by atoms with Gasteiger partial charge >= 0.3 is 6.18 Å². The first-order chi connectivity index (χ1) is 13.5. The van der Waals surface area contributed by atoms with Gasteiger partial charge in [0.25, 0.3) is 0 Å². The molecule has 0 aliphatic carbocycles. The van der Waals surface area contributed by atoms with E-state index in [0.29, 0.717) is 25.5 Å². The second-order valence-corrected chi connectivity index (χ2v) is 7.58. The second kappa shape index (κ2) is 8.54. The van der Waals surface area contributed by atoms with Crippen LogP contribution >= 0.6 is 0 Å². The molecule has 1 aromatic carbocycles. The lowest BCUT2D eigenvalue weighted by molar-refractivity contribution is -0.138. The van der Waals surface area contributed by atoms with Gasteiger partial charge in [-0.2, -0.15) is 18.4 Å². The summed E-state index contributed by atoms with van der Waals surface area (Å²) in [6.45, 7) is 7.78. The van der Waals surface area contributed by atoms with Crippen LogP contribution in [0.5, 0.6) is 0 Å². The highest BCUT2D eigenvalue weighted by atomic mass is 19.4. The number of hydrogen-bond acceptors (Lipinski definition) is 4. The summed E-state index contributed by atoms with van der Waals surface area (Å²) in [7, 11) is 0. The molecule has 158 valence electrons. The number of anilines is 1. The molecule has 1 aromatic rings. The van der Waals surface area contributed by atoms with Crippen molar-refractivity contribution in [2.24, 2.45) is 11.8 Å². The normalized spacial score (nSPS) is 21.9. The van der Waals surface area contributed by atoms with E-state index < -0.39 is 46.6 Å². The van der Waals surface area contributed by atoms with Gasteiger partial charge in [-0.3, -0.25) is 14.5 Å². The predicted octanol–water partition coefficient (Wildman–Crippen LogP) is 4.69. The number of rotatable bonds is 7. The third kappa shape index (κ3) is 4.61. The molecule has 2 rings (SSSR count). The Balaban J connectivity index is 2.41. The summed E-state index contributed by atoms with van der Waals surface area (Å²) in [5.74, 6) is -2.45. The molecule has 29 heavy (non-hydrogen) atoms. The maximum atomic E-state index is 13.3. The van der Waals surface area contributed by atoms with Crippen LogP contribution in [0, 0.1) is 23.2 Å². The van der Waals surface area contributed by atoms with Crippen LogP contribution in [0.4, 0.5) is 18.9 Å². The van der Waals surface area contributed by atoms with Gasteiger partial charge in [-0.1, -0.05) is 20.3 Å². The molecule has 0 spiro atoms. The van der Waals surface area contributed by atoms with Crippen molar-refractivity contribution in [2.75, 3.05) is 11.5 Å². The molecule has 1 aliphatic rings. The van der Waals surface area contributed by atoms with E-state index in [2.05, 4.69) is 0 Å². The van der Waals surface area contributed by atoms with Crippen molar-refractivity contribution in [1.82, 2.24) is 0 Å². The van der Waals surface area contributed by atoms with Crippen molar-refractivity contribution < 1.29 is 27.5 Å². The van der Waals surface area contributed by atoms with Crippen molar-refractivity contribution >= 4 is 17.5 Å². The van der Waals surface area contributed by atoms with Gasteiger partial charge in [0.1, 0.15) is 0 Å². The van der Waals surface area contributed by atoms with E-state index in [-0.39, 0.29) is 5.69 Å². The van der Waals surface area contributed by atoms with Gasteiger partial charge in [0.05, 0.1) is 34.4 Å². The first-order valence-corrected chi connectivity index (χ1v) is 9.62. The Morgan fingerprint density at radius 1 is 1.21 bits per heavy atom. The fourth-order valence-corrected chi connectivity index (χ4v) is 3.96. The number of nitrogens with zero attached hydrogens (tertiary/aromatic N) is 2. The Morgan fingerprint density at radius 3 is 2.38 bits per heavy atom. The fraction of sp³-hybridized carbons (Fsp3) is 0.571. The Hall–Kier alpha value is -2.40. The molecule has 0 aromatic heterocycles. The lowest BCUT2D eigenvalue weighted by atomic mass is 9.83. The zero-order chi connectivity index (χ0) is 22.0. The highest BCUT2D eigenvalue weighted by molar-refractivity contribution is 6.22. The number of alkyl halides is 3. The van der Waals surface area contributed by atoms with E-state index in [1.807, 2.05) is 20.8 Å². The smallest absolute Gasteiger partial charge is 0.376 e. The van der Waals surface area contributed by atoms with Crippen LogP contribution in [0.15, 0.2) is 18.2 Å². The molecular formula is C21H25F3N2O3. The van der Waals surface area contributed by atoms with Crippen LogP contribution < -0.4 is 4.90 Å². The molecule has 0 N–H and O–H groups in total. The van der Waals surface area contributed by atoms with Crippen molar-refractivity contribution in [1.29, 1.82) is 5.26 Å². The molecule has 3 atom stereocenters.